The molecule has 1 atom stereocenters. The monoisotopic (exact) mass is 385 g/mol. The van der Waals surface area contributed by atoms with E-state index in [0.29, 0.717) is 0 Å². The van der Waals surface area contributed by atoms with Crippen molar-refractivity contribution < 1.29 is 57.8 Å². The first-order chi connectivity index (χ1) is 10.4. The summed E-state index contributed by atoms with van der Waals surface area (Å²) < 4.78 is 139. The lowest BCUT2D eigenvalue weighted by Crippen LogP contribution is -2.63. The van der Waals surface area contributed by atoms with Crippen LogP contribution in [0.2, 0.25) is 0 Å². The minimum absolute atomic E-state index is 0.0607. The zero-order valence-electron chi connectivity index (χ0n) is 11.6. The first-order valence-electron chi connectivity index (χ1n) is 6.00. The Balaban J connectivity index is 5.69. The summed E-state index contributed by atoms with van der Waals surface area (Å²) >= 11 is 0. The zero-order chi connectivity index (χ0) is 19.6. The fourth-order valence-corrected chi connectivity index (χ4v) is 1.13. The van der Waals surface area contributed by atoms with Gasteiger partial charge in [-0.2, -0.15) is 48.3 Å². The third-order valence-electron chi connectivity index (χ3n) is 2.46. The van der Waals surface area contributed by atoms with Crippen LogP contribution in [-0.2, 0) is 9.53 Å². The normalized spacial score (nSPS) is 16.7. The van der Waals surface area contributed by atoms with Gasteiger partial charge in [0.1, 0.15) is 0 Å². The van der Waals surface area contributed by atoms with Crippen LogP contribution in [0, 0.1) is 0 Å². The van der Waals surface area contributed by atoms with E-state index in [2.05, 4.69) is 4.74 Å². The van der Waals surface area contributed by atoms with Crippen LogP contribution in [0.5, 0.6) is 0 Å². The van der Waals surface area contributed by atoms with E-state index in [0.717, 1.165) is 5.32 Å². The first-order valence-corrected chi connectivity index (χ1v) is 6.00. The van der Waals surface area contributed by atoms with E-state index in [9.17, 15) is 53.1 Å². The molecule has 0 fully saturated rings. The molecule has 0 saturated heterocycles. The Morgan fingerprint density at radius 3 is 1.67 bits per heavy atom. The molecule has 24 heavy (non-hydrogen) atoms. The number of hydrogen-bond donors (Lipinski definition) is 1. The largest absolute Gasteiger partial charge is 0.462 e. The van der Waals surface area contributed by atoms with Gasteiger partial charge in [-0.15, -0.1) is 0 Å². The van der Waals surface area contributed by atoms with Crippen molar-refractivity contribution >= 4 is 5.91 Å². The van der Waals surface area contributed by atoms with Gasteiger partial charge in [-0.1, -0.05) is 13.3 Å². The van der Waals surface area contributed by atoms with Crippen LogP contribution >= 0.6 is 0 Å². The van der Waals surface area contributed by atoms with Crippen LogP contribution < -0.4 is 5.32 Å². The number of ether oxygens (including phenoxy) is 1. The molecule has 1 amide bonds. The Morgan fingerprint density at radius 2 is 1.33 bits per heavy atom. The van der Waals surface area contributed by atoms with Gasteiger partial charge in [0.15, 0.2) is 0 Å². The molecule has 0 bridgehead atoms. The van der Waals surface area contributed by atoms with Crippen molar-refractivity contribution in [3.8, 4) is 0 Å². The van der Waals surface area contributed by atoms with Crippen molar-refractivity contribution in [2.75, 3.05) is 6.54 Å². The molecule has 0 radical (unpaired) electrons. The van der Waals surface area contributed by atoms with Crippen LogP contribution in [0.25, 0.3) is 0 Å². The number of carbonyl (C=O) groups excluding carboxylic acids is 1. The van der Waals surface area contributed by atoms with Gasteiger partial charge in [0.25, 0.3) is 5.91 Å². The molecule has 14 heteroatoms. The Bertz CT molecular complexity index is 445. The molecular weight excluding hydrogens is 375 g/mol. The quantitative estimate of drug-likeness (QED) is 0.533. The molecule has 0 aliphatic rings. The highest BCUT2D eigenvalue weighted by atomic mass is 19.4. The maximum atomic E-state index is 13.6. The van der Waals surface area contributed by atoms with Gasteiger partial charge in [0.2, 0.25) is 0 Å². The van der Waals surface area contributed by atoms with Crippen molar-refractivity contribution in [2.24, 2.45) is 0 Å². The van der Waals surface area contributed by atoms with Crippen molar-refractivity contribution in [1.29, 1.82) is 0 Å². The number of unbranched alkanes of at least 4 members (excludes halogenated alkanes) is 1. The minimum Gasteiger partial charge on any atom is -0.351 e. The zero-order valence-corrected chi connectivity index (χ0v) is 11.6. The van der Waals surface area contributed by atoms with Crippen LogP contribution in [-0.4, -0.2) is 42.7 Å². The van der Waals surface area contributed by atoms with Crippen molar-refractivity contribution in [3.63, 3.8) is 0 Å². The molecule has 3 nitrogen and oxygen atoms in total. The van der Waals surface area contributed by atoms with Gasteiger partial charge in [-0.3, -0.25) is 9.53 Å². The van der Waals surface area contributed by atoms with Gasteiger partial charge in [0, 0.05) is 6.54 Å². The first kappa shape index (κ1) is 22.7. The summed E-state index contributed by atoms with van der Waals surface area (Å²) in [5.41, 5.74) is 0. The van der Waals surface area contributed by atoms with Crippen LogP contribution in [0.3, 0.4) is 0 Å². The van der Waals surface area contributed by atoms with E-state index in [1.807, 2.05) is 0 Å². The average molecular weight is 385 g/mol. The highest BCUT2D eigenvalue weighted by molar-refractivity contribution is 5.84. The molecule has 0 aromatic heterocycles. The Hall–Kier alpha value is -1.34. The smallest absolute Gasteiger partial charge is 0.351 e. The summed E-state index contributed by atoms with van der Waals surface area (Å²) in [5, 5.41) is 1.13. The van der Waals surface area contributed by atoms with Crippen molar-refractivity contribution in [1.82, 2.24) is 5.32 Å². The lowest BCUT2D eigenvalue weighted by atomic mass is 10.2. The SMILES string of the molecule is CCCCNC(=O)C(F)(OC(F)(F)C(F)(F)C(F)(F)F)C(F)(F)F. The second-order valence-corrected chi connectivity index (χ2v) is 4.39. The summed E-state index contributed by atoms with van der Waals surface area (Å²) in [7, 11) is 0. The summed E-state index contributed by atoms with van der Waals surface area (Å²) in [5.74, 6) is -16.3. The molecular formula is C10H10F11NO2. The fraction of sp³-hybridized carbons (Fsp3) is 0.900. The molecule has 0 aromatic rings. The van der Waals surface area contributed by atoms with Crippen LogP contribution in [0.1, 0.15) is 19.8 Å². The second kappa shape index (κ2) is 6.88. The van der Waals surface area contributed by atoms with Gasteiger partial charge >= 0.3 is 30.2 Å². The van der Waals surface area contributed by atoms with Gasteiger partial charge in [0.05, 0.1) is 0 Å². The molecule has 1 N–H and O–H groups in total. The average Bonchev–Trinajstić information content (AvgIpc) is 2.35. The number of rotatable bonds is 7. The molecule has 0 aliphatic carbocycles. The summed E-state index contributed by atoms with van der Waals surface area (Å²) in [6.07, 6.45) is -20.6. The molecule has 144 valence electrons. The number of carbonyl (C=O) groups is 1. The maximum Gasteiger partial charge on any atom is 0.462 e. The van der Waals surface area contributed by atoms with Crippen molar-refractivity contribution in [3.05, 3.63) is 0 Å². The highest BCUT2D eigenvalue weighted by Crippen LogP contribution is 2.50. The molecule has 1 unspecified atom stereocenters. The predicted molar refractivity (Wildman–Crippen MR) is 54.8 cm³/mol. The van der Waals surface area contributed by atoms with E-state index < -0.39 is 42.7 Å². The highest BCUT2D eigenvalue weighted by Gasteiger charge is 2.79. The van der Waals surface area contributed by atoms with E-state index in [-0.39, 0.29) is 12.8 Å². The third kappa shape index (κ3) is 4.39. The fourth-order valence-electron chi connectivity index (χ4n) is 1.13. The Labute approximate surface area is 127 Å². The Morgan fingerprint density at radius 1 is 0.875 bits per heavy atom. The number of hydrogen-bond acceptors (Lipinski definition) is 2. The predicted octanol–water partition coefficient (Wildman–Crippen LogP) is 3.94. The molecule has 0 aliphatic heterocycles. The number of amides is 1. The van der Waals surface area contributed by atoms with Gasteiger partial charge in [-0.25, -0.2) is 0 Å². The standard InChI is InChI=1S/C10H10F11NO2/c1-2-3-4-22-5(23)6(11,8(14,15)16)24-10(20,21)7(12,13)9(17,18)19/h2-4H2,1H3,(H,22,23). The molecule has 0 spiro atoms. The van der Waals surface area contributed by atoms with E-state index in [1.54, 1.807) is 0 Å². The van der Waals surface area contributed by atoms with Gasteiger partial charge < -0.3 is 5.32 Å². The lowest BCUT2D eigenvalue weighted by molar-refractivity contribution is -0.472. The summed E-state index contributed by atoms with van der Waals surface area (Å²) in [4.78, 5) is 11.1. The Kier molecular flexibility index (Phi) is 6.50. The van der Waals surface area contributed by atoms with Crippen LogP contribution in [0.15, 0.2) is 0 Å². The molecule has 0 rings (SSSR count). The van der Waals surface area contributed by atoms with Crippen molar-refractivity contribution in [2.45, 2.75) is 50.0 Å². The topological polar surface area (TPSA) is 38.3 Å². The van der Waals surface area contributed by atoms with E-state index in [4.69, 9.17) is 0 Å². The van der Waals surface area contributed by atoms with Crippen LogP contribution in [0.4, 0.5) is 48.3 Å². The third-order valence-corrected chi connectivity index (χ3v) is 2.46. The van der Waals surface area contributed by atoms with E-state index in [1.165, 1.54) is 6.92 Å². The van der Waals surface area contributed by atoms with E-state index >= 15 is 0 Å². The summed E-state index contributed by atoms with van der Waals surface area (Å²) in [6, 6.07) is 0. The maximum absolute atomic E-state index is 13.6. The molecule has 0 aromatic carbocycles. The number of nitrogens with one attached hydrogen (secondary N) is 1. The minimum atomic E-state index is -7.19. The number of halogens is 11. The number of alkyl halides is 11. The van der Waals surface area contributed by atoms with Gasteiger partial charge in [-0.05, 0) is 6.42 Å². The lowest BCUT2D eigenvalue weighted by Gasteiger charge is -2.34. The summed E-state index contributed by atoms with van der Waals surface area (Å²) in [6.45, 7) is 0.773. The molecule has 0 saturated carbocycles. The second-order valence-electron chi connectivity index (χ2n) is 4.39. The molecule has 0 heterocycles.